The molecule has 2 aromatic heterocycles. The molecule has 0 saturated heterocycles. The number of carbonyl (C=O) groups excluding carboxylic acids is 1. The maximum Gasteiger partial charge on any atom is 0.573 e. The van der Waals surface area contributed by atoms with E-state index < -0.39 is 6.36 Å². The second-order valence-corrected chi connectivity index (χ2v) is 7.42. The van der Waals surface area contributed by atoms with E-state index in [4.69, 9.17) is 0 Å². The summed E-state index contributed by atoms with van der Waals surface area (Å²) >= 11 is 2.67. The Morgan fingerprint density at radius 2 is 1.96 bits per heavy atom. The molecule has 0 unspecified atom stereocenters. The highest BCUT2D eigenvalue weighted by Gasteiger charge is 2.30. The van der Waals surface area contributed by atoms with Gasteiger partial charge in [-0.25, -0.2) is 9.97 Å². The summed E-state index contributed by atoms with van der Waals surface area (Å²) in [4.78, 5) is 21.6. The Kier molecular flexibility index (Phi) is 6.20. The van der Waals surface area contributed by atoms with Gasteiger partial charge in [-0.05, 0) is 36.1 Å². The van der Waals surface area contributed by atoms with Crippen LogP contribution in [-0.4, -0.2) is 28.5 Å². The molecule has 0 aliphatic heterocycles. The first kappa shape index (κ1) is 20.2. The lowest BCUT2D eigenvalue weighted by Gasteiger charge is -2.08. The molecular formula is C18H14F3N3O2S2. The molecule has 1 N–H and O–H groups in total. The van der Waals surface area contributed by atoms with Crippen LogP contribution < -0.4 is 10.1 Å². The van der Waals surface area contributed by atoms with Gasteiger partial charge in [0.1, 0.15) is 10.8 Å². The fraction of sp³-hybridized carbons (Fsp3) is 0.167. The number of anilines is 1. The van der Waals surface area contributed by atoms with Gasteiger partial charge in [0.25, 0.3) is 5.91 Å². The number of carbonyl (C=O) groups is 1. The third-order valence-electron chi connectivity index (χ3n) is 3.52. The lowest BCUT2D eigenvalue weighted by molar-refractivity contribution is -0.274. The Bertz CT molecular complexity index is 959. The Balaban J connectivity index is 1.63. The van der Waals surface area contributed by atoms with Gasteiger partial charge >= 0.3 is 6.36 Å². The van der Waals surface area contributed by atoms with Crippen molar-refractivity contribution in [2.45, 2.75) is 17.8 Å². The minimum Gasteiger partial charge on any atom is -0.406 e. The van der Waals surface area contributed by atoms with Crippen molar-refractivity contribution in [1.29, 1.82) is 0 Å². The van der Waals surface area contributed by atoms with Gasteiger partial charge < -0.3 is 4.74 Å². The fourth-order valence-corrected chi connectivity index (χ4v) is 3.74. The lowest BCUT2D eigenvalue weighted by atomic mass is 10.1. The minimum atomic E-state index is -4.71. The Morgan fingerprint density at radius 1 is 1.21 bits per heavy atom. The van der Waals surface area contributed by atoms with Gasteiger partial charge in [-0.1, -0.05) is 12.1 Å². The zero-order chi connectivity index (χ0) is 20.1. The van der Waals surface area contributed by atoms with E-state index in [9.17, 15) is 18.0 Å². The van der Waals surface area contributed by atoms with Crippen molar-refractivity contribution < 1.29 is 22.7 Å². The predicted octanol–water partition coefficient (Wildman–Crippen LogP) is 5.00. The van der Waals surface area contributed by atoms with Crippen LogP contribution in [0.25, 0.3) is 0 Å². The van der Waals surface area contributed by atoms with Gasteiger partial charge in [0, 0.05) is 23.7 Å². The van der Waals surface area contributed by atoms with E-state index in [1.54, 1.807) is 36.7 Å². The molecule has 0 spiro atoms. The minimum absolute atomic E-state index is 0.269. The second kappa shape index (κ2) is 8.61. The first-order chi connectivity index (χ1) is 13.3. The highest BCUT2D eigenvalue weighted by molar-refractivity contribution is 7.98. The van der Waals surface area contributed by atoms with Crippen molar-refractivity contribution >= 4 is 34.1 Å². The molecule has 1 amide bonds. The molecule has 0 aliphatic rings. The number of alkyl halides is 3. The molecule has 0 saturated carbocycles. The van der Waals surface area contributed by atoms with E-state index in [0.29, 0.717) is 22.1 Å². The number of nitrogens with one attached hydrogen (secondary N) is 1. The Labute approximate surface area is 167 Å². The van der Waals surface area contributed by atoms with E-state index in [1.807, 2.05) is 6.26 Å². The van der Waals surface area contributed by atoms with Crippen molar-refractivity contribution in [1.82, 2.24) is 9.97 Å². The summed E-state index contributed by atoms with van der Waals surface area (Å²) in [6.45, 7) is 0. The number of benzene rings is 1. The SMILES string of the molecule is CSc1ncccc1C(=O)Nc1ncc(Cc2ccc(OC(F)(F)F)cc2)s1. The summed E-state index contributed by atoms with van der Waals surface area (Å²) in [6.07, 6.45) is 0.847. The van der Waals surface area contributed by atoms with Crippen molar-refractivity contribution in [3.8, 4) is 5.75 Å². The molecule has 3 rings (SSSR count). The first-order valence-corrected chi connectivity index (χ1v) is 9.98. The molecule has 146 valence electrons. The fourth-order valence-electron chi connectivity index (χ4n) is 2.35. The average molecular weight is 425 g/mol. The molecule has 1 aromatic carbocycles. The largest absolute Gasteiger partial charge is 0.573 e. The van der Waals surface area contributed by atoms with Gasteiger partial charge in [0.05, 0.1) is 5.56 Å². The van der Waals surface area contributed by atoms with E-state index in [1.165, 1.54) is 35.2 Å². The number of thiazole rings is 1. The van der Waals surface area contributed by atoms with Crippen LogP contribution >= 0.6 is 23.1 Å². The van der Waals surface area contributed by atoms with E-state index >= 15 is 0 Å². The maximum absolute atomic E-state index is 12.4. The Morgan fingerprint density at radius 3 is 2.64 bits per heavy atom. The van der Waals surface area contributed by atoms with E-state index in [2.05, 4.69) is 20.0 Å². The summed E-state index contributed by atoms with van der Waals surface area (Å²) in [5.41, 5.74) is 1.26. The van der Waals surface area contributed by atoms with Crippen LogP contribution in [0, 0.1) is 0 Å². The van der Waals surface area contributed by atoms with Crippen LogP contribution in [-0.2, 0) is 6.42 Å². The van der Waals surface area contributed by atoms with Gasteiger partial charge in [-0.2, -0.15) is 0 Å². The van der Waals surface area contributed by atoms with Gasteiger partial charge in [-0.15, -0.1) is 36.3 Å². The van der Waals surface area contributed by atoms with Crippen molar-refractivity contribution in [2.75, 3.05) is 11.6 Å². The summed E-state index contributed by atoms with van der Waals surface area (Å²) in [6, 6.07) is 9.01. The molecule has 0 radical (unpaired) electrons. The number of hydrogen-bond donors (Lipinski definition) is 1. The monoisotopic (exact) mass is 425 g/mol. The normalized spacial score (nSPS) is 11.3. The van der Waals surface area contributed by atoms with E-state index in [0.717, 1.165) is 10.4 Å². The number of ether oxygens (including phenoxy) is 1. The highest BCUT2D eigenvalue weighted by atomic mass is 32.2. The van der Waals surface area contributed by atoms with Crippen LogP contribution in [0.4, 0.5) is 18.3 Å². The van der Waals surface area contributed by atoms with Gasteiger partial charge in [-0.3, -0.25) is 10.1 Å². The Hall–Kier alpha value is -2.59. The third kappa shape index (κ3) is 5.46. The van der Waals surface area contributed by atoms with Crippen LogP contribution in [0.5, 0.6) is 5.75 Å². The van der Waals surface area contributed by atoms with Crippen molar-refractivity contribution in [3.05, 3.63) is 64.8 Å². The first-order valence-electron chi connectivity index (χ1n) is 7.94. The molecule has 28 heavy (non-hydrogen) atoms. The number of thioether (sulfide) groups is 1. The molecule has 3 aromatic rings. The summed E-state index contributed by atoms with van der Waals surface area (Å²) < 4.78 is 40.4. The molecule has 2 heterocycles. The molecule has 0 aliphatic carbocycles. The van der Waals surface area contributed by atoms with E-state index in [-0.39, 0.29) is 11.7 Å². The summed E-state index contributed by atoms with van der Waals surface area (Å²) in [5, 5.41) is 3.81. The quantitative estimate of drug-likeness (QED) is 0.563. The summed E-state index contributed by atoms with van der Waals surface area (Å²) in [7, 11) is 0. The van der Waals surface area contributed by atoms with Crippen molar-refractivity contribution in [3.63, 3.8) is 0 Å². The summed E-state index contributed by atoms with van der Waals surface area (Å²) in [5.74, 6) is -0.568. The molecule has 0 fully saturated rings. The predicted molar refractivity (Wildman–Crippen MR) is 102 cm³/mol. The van der Waals surface area contributed by atoms with Crippen LogP contribution in [0.3, 0.4) is 0 Å². The smallest absolute Gasteiger partial charge is 0.406 e. The standard InChI is InChI=1S/C18H14F3N3O2S2/c1-27-16-14(3-2-8-22-16)15(25)24-17-23-10-13(28-17)9-11-4-6-12(7-5-11)26-18(19,20)21/h2-8,10H,9H2,1H3,(H,23,24,25). The zero-order valence-corrected chi connectivity index (χ0v) is 16.1. The van der Waals surface area contributed by atoms with Gasteiger partial charge in [0.2, 0.25) is 0 Å². The number of pyridine rings is 1. The number of amides is 1. The number of aromatic nitrogens is 2. The maximum atomic E-state index is 12.4. The van der Waals surface area contributed by atoms with Gasteiger partial charge in [0.15, 0.2) is 5.13 Å². The highest BCUT2D eigenvalue weighted by Crippen LogP contribution is 2.26. The topological polar surface area (TPSA) is 64.1 Å². The third-order valence-corrected chi connectivity index (χ3v) is 5.14. The van der Waals surface area contributed by atoms with Crippen molar-refractivity contribution in [2.24, 2.45) is 0 Å². The van der Waals surface area contributed by atoms with Crippen LogP contribution in [0.1, 0.15) is 20.8 Å². The van der Waals surface area contributed by atoms with Crippen LogP contribution in [0.2, 0.25) is 0 Å². The van der Waals surface area contributed by atoms with Crippen LogP contribution in [0.15, 0.2) is 53.8 Å². The molecule has 0 bridgehead atoms. The molecule has 10 heteroatoms. The average Bonchev–Trinajstić information content (AvgIpc) is 3.09. The number of nitrogens with zero attached hydrogens (tertiary/aromatic N) is 2. The lowest BCUT2D eigenvalue weighted by Crippen LogP contribution is -2.17. The molecule has 5 nitrogen and oxygen atoms in total. The number of rotatable bonds is 6. The molecular weight excluding hydrogens is 411 g/mol. The number of hydrogen-bond acceptors (Lipinski definition) is 6. The second-order valence-electron chi connectivity index (χ2n) is 5.51. The zero-order valence-electron chi connectivity index (χ0n) is 14.5. The molecule has 0 atom stereocenters. The number of halogens is 3.